The molecule has 5 heteroatoms. The molecule has 1 spiro atoms. The molecule has 114 valence electrons. The number of likely N-dealkylation sites (tertiary alicyclic amines) is 1. The molecule has 1 aromatic heterocycles. The molecule has 0 unspecified atom stereocenters. The number of carbonyl (C=O) groups is 1. The lowest BCUT2D eigenvalue weighted by Gasteiger charge is -2.47. The molecule has 0 N–H and O–H groups in total. The van der Waals surface area contributed by atoms with Gasteiger partial charge in [0.25, 0.3) is 0 Å². The highest BCUT2D eigenvalue weighted by Gasteiger charge is 2.41. The summed E-state index contributed by atoms with van der Waals surface area (Å²) in [7, 11) is 0. The van der Waals surface area contributed by atoms with E-state index in [0.29, 0.717) is 0 Å². The molecule has 2 saturated heterocycles. The number of morpholine rings is 1. The third-order valence-corrected chi connectivity index (χ3v) is 4.42. The molecule has 1 amide bonds. The predicted octanol–water partition coefficient (Wildman–Crippen LogP) is 1.29. The smallest absolute Gasteiger partial charge is 0.219 e. The largest absolute Gasteiger partial charge is 0.370 e. The third kappa shape index (κ3) is 3.41. The van der Waals surface area contributed by atoms with E-state index in [1.807, 2.05) is 23.2 Å². The summed E-state index contributed by atoms with van der Waals surface area (Å²) in [4.78, 5) is 20.4. The van der Waals surface area contributed by atoms with Crippen molar-refractivity contribution in [1.29, 1.82) is 0 Å². The van der Waals surface area contributed by atoms with Gasteiger partial charge >= 0.3 is 0 Å². The molecule has 3 heterocycles. The second-order valence-corrected chi connectivity index (χ2v) is 6.11. The lowest BCUT2D eigenvalue weighted by molar-refractivity contribution is -0.156. The molecular weight excluding hydrogens is 266 g/mol. The van der Waals surface area contributed by atoms with Crippen LogP contribution in [0.1, 0.15) is 25.5 Å². The molecule has 1 atom stereocenters. The van der Waals surface area contributed by atoms with Gasteiger partial charge in [0.15, 0.2) is 0 Å². The number of pyridine rings is 1. The molecule has 5 nitrogen and oxygen atoms in total. The second kappa shape index (κ2) is 6.12. The summed E-state index contributed by atoms with van der Waals surface area (Å²) < 4.78 is 6.10. The van der Waals surface area contributed by atoms with Gasteiger partial charge < -0.3 is 9.64 Å². The van der Waals surface area contributed by atoms with E-state index in [0.717, 1.165) is 57.9 Å². The van der Waals surface area contributed by atoms with Crippen molar-refractivity contribution >= 4 is 5.91 Å². The van der Waals surface area contributed by atoms with Crippen molar-refractivity contribution in [3.05, 3.63) is 30.1 Å². The number of amides is 1. The highest BCUT2D eigenvalue weighted by molar-refractivity contribution is 5.73. The Labute approximate surface area is 125 Å². The molecule has 0 radical (unpaired) electrons. The Morgan fingerprint density at radius 1 is 1.38 bits per heavy atom. The van der Waals surface area contributed by atoms with E-state index in [2.05, 4.69) is 16.0 Å². The minimum absolute atomic E-state index is 0.152. The van der Waals surface area contributed by atoms with Crippen molar-refractivity contribution in [3.63, 3.8) is 0 Å². The molecule has 0 aliphatic carbocycles. The molecule has 2 aliphatic rings. The zero-order valence-electron chi connectivity index (χ0n) is 12.6. The van der Waals surface area contributed by atoms with Gasteiger partial charge in [-0.3, -0.25) is 14.7 Å². The van der Waals surface area contributed by atoms with E-state index in [1.165, 1.54) is 0 Å². The Kier molecular flexibility index (Phi) is 4.22. The Hall–Kier alpha value is -1.46. The van der Waals surface area contributed by atoms with Crippen molar-refractivity contribution in [2.24, 2.45) is 0 Å². The first-order valence-corrected chi connectivity index (χ1v) is 7.69. The van der Waals surface area contributed by atoms with Crippen LogP contribution in [0.4, 0.5) is 0 Å². The van der Waals surface area contributed by atoms with E-state index in [4.69, 9.17) is 4.74 Å². The monoisotopic (exact) mass is 289 g/mol. The summed E-state index contributed by atoms with van der Waals surface area (Å²) in [6.07, 6.45) is 3.90. The number of aromatic nitrogens is 1. The average Bonchev–Trinajstić information content (AvgIpc) is 2.48. The molecule has 0 aromatic carbocycles. The quantitative estimate of drug-likeness (QED) is 0.823. The molecule has 21 heavy (non-hydrogen) atoms. The fourth-order valence-corrected chi connectivity index (χ4v) is 3.39. The molecule has 1 aromatic rings. The van der Waals surface area contributed by atoms with Gasteiger partial charge in [-0.25, -0.2) is 0 Å². The number of nitrogens with zero attached hydrogens (tertiary/aromatic N) is 3. The molecule has 0 bridgehead atoms. The van der Waals surface area contributed by atoms with Gasteiger partial charge in [0, 0.05) is 39.3 Å². The van der Waals surface area contributed by atoms with E-state index in [-0.39, 0.29) is 11.5 Å². The SMILES string of the molecule is CC(=O)N1CCC[C@@]2(CN(Cc3ccccn3)CCO2)C1. The third-order valence-electron chi connectivity index (χ3n) is 4.42. The summed E-state index contributed by atoms with van der Waals surface area (Å²) in [6, 6.07) is 6.03. The van der Waals surface area contributed by atoms with Gasteiger partial charge in [-0.15, -0.1) is 0 Å². The van der Waals surface area contributed by atoms with Crippen LogP contribution in [0.15, 0.2) is 24.4 Å². The first kappa shape index (κ1) is 14.5. The number of carbonyl (C=O) groups excluding carboxylic acids is 1. The first-order valence-electron chi connectivity index (χ1n) is 7.69. The topological polar surface area (TPSA) is 45.7 Å². The zero-order chi connectivity index (χ0) is 14.7. The lowest BCUT2D eigenvalue weighted by atomic mass is 9.90. The number of rotatable bonds is 2. The maximum atomic E-state index is 11.6. The van der Waals surface area contributed by atoms with Crippen LogP contribution in [-0.2, 0) is 16.1 Å². The normalized spacial score (nSPS) is 27.0. The van der Waals surface area contributed by atoms with Crippen LogP contribution in [0, 0.1) is 0 Å². The highest BCUT2D eigenvalue weighted by atomic mass is 16.5. The van der Waals surface area contributed by atoms with Crippen molar-refractivity contribution in [1.82, 2.24) is 14.8 Å². The van der Waals surface area contributed by atoms with E-state index in [9.17, 15) is 4.79 Å². The van der Waals surface area contributed by atoms with Crippen LogP contribution in [-0.4, -0.2) is 59.1 Å². The number of ether oxygens (including phenoxy) is 1. The minimum Gasteiger partial charge on any atom is -0.370 e. The molecule has 3 rings (SSSR count). The van der Waals surface area contributed by atoms with E-state index < -0.39 is 0 Å². The van der Waals surface area contributed by atoms with E-state index in [1.54, 1.807) is 6.92 Å². The van der Waals surface area contributed by atoms with Gasteiger partial charge in [-0.05, 0) is 25.0 Å². The van der Waals surface area contributed by atoms with Crippen molar-refractivity contribution < 1.29 is 9.53 Å². The minimum atomic E-state index is -0.184. The molecular formula is C16H23N3O2. The summed E-state index contributed by atoms with van der Waals surface area (Å²) in [5.74, 6) is 0.152. The summed E-state index contributed by atoms with van der Waals surface area (Å²) in [6.45, 7) is 6.63. The Bertz CT molecular complexity index is 490. The number of hydrogen-bond donors (Lipinski definition) is 0. The number of hydrogen-bond acceptors (Lipinski definition) is 4. The Morgan fingerprint density at radius 3 is 3.05 bits per heavy atom. The van der Waals surface area contributed by atoms with Crippen LogP contribution in [0.5, 0.6) is 0 Å². The maximum Gasteiger partial charge on any atom is 0.219 e. The van der Waals surface area contributed by atoms with Crippen molar-refractivity contribution in [3.8, 4) is 0 Å². The average molecular weight is 289 g/mol. The fraction of sp³-hybridized carbons (Fsp3) is 0.625. The maximum absolute atomic E-state index is 11.6. The summed E-state index contributed by atoms with van der Waals surface area (Å²) >= 11 is 0. The fourth-order valence-electron chi connectivity index (χ4n) is 3.39. The first-order chi connectivity index (χ1) is 10.2. The van der Waals surface area contributed by atoms with Crippen LogP contribution in [0.25, 0.3) is 0 Å². The van der Waals surface area contributed by atoms with Gasteiger partial charge in [-0.2, -0.15) is 0 Å². The van der Waals surface area contributed by atoms with Crippen LogP contribution >= 0.6 is 0 Å². The molecule has 2 fully saturated rings. The van der Waals surface area contributed by atoms with Gasteiger partial charge in [0.05, 0.1) is 24.4 Å². The Balaban J connectivity index is 1.66. The molecule has 2 aliphatic heterocycles. The summed E-state index contributed by atoms with van der Waals surface area (Å²) in [5.41, 5.74) is 0.908. The summed E-state index contributed by atoms with van der Waals surface area (Å²) in [5, 5.41) is 0. The second-order valence-electron chi connectivity index (χ2n) is 6.11. The van der Waals surface area contributed by atoms with Crippen LogP contribution < -0.4 is 0 Å². The van der Waals surface area contributed by atoms with Crippen molar-refractivity contribution in [2.45, 2.75) is 31.9 Å². The number of piperidine rings is 1. The van der Waals surface area contributed by atoms with Gasteiger partial charge in [-0.1, -0.05) is 6.07 Å². The van der Waals surface area contributed by atoms with Crippen LogP contribution in [0.2, 0.25) is 0 Å². The van der Waals surface area contributed by atoms with Gasteiger partial charge in [0.1, 0.15) is 0 Å². The Morgan fingerprint density at radius 2 is 2.29 bits per heavy atom. The zero-order valence-corrected chi connectivity index (χ0v) is 12.6. The lowest BCUT2D eigenvalue weighted by Crippen LogP contribution is -2.60. The van der Waals surface area contributed by atoms with E-state index >= 15 is 0 Å². The predicted molar refractivity (Wildman–Crippen MR) is 79.7 cm³/mol. The van der Waals surface area contributed by atoms with Crippen molar-refractivity contribution in [2.75, 3.05) is 32.8 Å². The standard InChI is InChI=1S/C16H23N3O2/c1-14(20)19-8-4-6-16(13-19)12-18(9-10-21-16)11-15-5-2-3-7-17-15/h2-3,5,7H,4,6,8-13H2,1H3/t16-/m1/s1. The molecule has 0 saturated carbocycles. The van der Waals surface area contributed by atoms with Gasteiger partial charge in [0.2, 0.25) is 5.91 Å². The van der Waals surface area contributed by atoms with Crippen LogP contribution in [0.3, 0.4) is 0 Å². The highest BCUT2D eigenvalue weighted by Crippen LogP contribution is 2.29.